The van der Waals surface area contributed by atoms with Gasteiger partial charge in [-0.15, -0.1) is 0 Å². The van der Waals surface area contributed by atoms with Crippen molar-refractivity contribution in [1.82, 2.24) is 4.90 Å². The van der Waals surface area contributed by atoms with E-state index in [1.54, 1.807) is 11.0 Å². The van der Waals surface area contributed by atoms with Crippen molar-refractivity contribution in [2.45, 2.75) is 26.8 Å². The predicted molar refractivity (Wildman–Crippen MR) is 66.2 cm³/mol. The fourth-order valence-corrected chi connectivity index (χ4v) is 1.94. The van der Waals surface area contributed by atoms with Gasteiger partial charge in [0.2, 0.25) is 0 Å². The van der Waals surface area contributed by atoms with Gasteiger partial charge in [-0.05, 0) is 18.6 Å². The van der Waals surface area contributed by atoms with Crippen molar-refractivity contribution in [1.29, 1.82) is 0 Å². The summed E-state index contributed by atoms with van der Waals surface area (Å²) in [5.41, 5.74) is 2.48. The van der Waals surface area contributed by atoms with Gasteiger partial charge in [0.25, 0.3) is 0 Å². The highest BCUT2D eigenvalue weighted by atomic mass is 16.2. The number of hydrogen-bond acceptors (Lipinski definition) is 2. The van der Waals surface area contributed by atoms with Crippen molar-refractivity contribution in [3.8, 4) is 0 Å². The average Bonchev–Trinajstić information content (AvgIpc) is 2.36. The number of nitrogens with zero attached hydrogens (tertiary/aromatic N) is 1. The van der Waals surface area contributed by atoms with Crippen LogP contribution < -0.4 is 5.32 Å². The molecular formula is C13H16N2O2. The summed E-state index contributed by atoms with van der Waals surface area (Å²) in [7, 11) is 0. The van der Waals surface area contributed by atoms with Gasteiger partial charge in [-0.1, -0.05) is 19.1 Å². The number of ketones is 1. The van der Waals surface area contributed by atoms with Gasteiger partial charge in [-0.25, -0.2) is 4.79 Å². The summed E-state index contributed by atoms with van der Waals surface area (Å²) in [5.74, 6) is 0.0972. The molecular weight excluding hydrogens is 216 g/mol. The van der Waals surface area contributed by atoms with E-state index in [4.69, 9.17) is 0 Å². The summed E-state index contributed by atoms with van der Waals surface area (Å²) in [6, 6.07) is 5.42. The highest BCUT2D eigenvalue weighted by Crippen LogP contribution is 2.24. The SMILES string of the molecule is CCC(=O)c1ccc2c(c1)NC(=O)N(CC)C2. The highest BCUT2D eigenvalue weighted by molar-refractivity contribution is 5.99. The number of rotatable bonds is 3. The first kappa shape index (κ1) is 11.6. The fraction of sp³-hybridized carbons (Fsp3) is 0.385. The van der Waals surface area contributed by atoms with Crippen LogP contribution in [0.3, 0.4) is 0 Å². The zero-order valence-corrected chi connectivity index (χ0v) is 10.1. The normalized spacial score (nSPS) is 14.2. The molecule has 1 aromatic rings. The summed E-state index contributed by atoms with van der Waals surface area (Å²) in [6.45, 7) is 5.07. The summed E-state index contributed by atoms with van der Waals surface area (Å²) in [5, 5.41) is 2.82. The van der Waals surface area contributed by atoms with Gasteiger partial charge < -0.3 is 10.2 Å². The van der Waals surface area contributed by atoms with Crippen LogP contribution in [0.15, 0.2) is 18.2 Å². The summed E-state index contributed by atoms with van der Waals surface area (Å²) >= 11 is 0. The van der Waals surface area contributed by atoms with Gasteiger partial charge >= 0.3 is 6.03 Å². The molecule has 2 amide bonds. The maximum Gasteiger partial charge on any atom is 0.322 e. The smallest absolute Gasteiger partial charge is 0.320 e. The lowest BCUT2D eigenvalue weighted by Gasteiger charge is -2.28. The van der Waals surface area contributed by atoms with E-state index in [0.717, 1.165) is 11.3 Å². The lowest BCUT2D eigenvalue weighted by Crippen LogP contribution is -2.38. The van der Waals surface area contributed by atoms with E-state index in [2.05, 4.69) is 5.32 Å². The van der Waals surface area contributed by atoms with E-state index < -0.39 is 0 Å². The number of carbonyl (C=O) groups excluding carboxylic acids is 2. The Labute approximate surface area is 101 Å². The number of amides is 2. The molecule has 0 aliphatic carbocycles. The third kappa shape index (κ3) is 2.16. The van der Waals surface area contributed by atoms with Gasteiger partial charge in [0, 0.05) is 30.8 Å². The molecule has 4 heteroatoms. The standard InChI is InChI=1S/C13H16N2O2/c1-3-12(16)9-5-6-10-8-15(4-2)13(17)14-11(10)7-9/h5-7H,3-4,8H2,1-2H3,(H,14,17). The molecule has 90 valence electrons. The Morgan fingerprint density at radius 3 is 2.82 bits per heavy atom. The molecule has 17 heavy (non-hydrogen) atoms. The number of hydrogen-bond donors (Lipinski definition) is 1. The van der Waals surface area contributed by atoms with Crippen molar-refractivity contribution in [2.75, 3.05) is 11.9 Å². The molecule has 0 fully saturated rings. The van der Waals surface area contributed by atoms with E-state index in [-0.39, 0.29) is 11.8 Å². The van der Waals surface area contributed by atoms with Crippen LogP contribution in [0.2, 0.25) is 0 Å². The molecule has 0 radical (unpaired) electrons. The minimum absolute atomic E-state index is 0.0962. The first-order valence-corrected chi connectivity index (χ1v) is 5.87. The number of benzene rings is 1. The molecule has 0 atom stereocenters. The fourth-order valence-electron chi connectivity index (χ4n) is 1.94. The molecule has 1 aliphatic heterocycles. The molecule has 0 saturated heterocycles. The maximum absolute atomic E-state index is 11.7. The van der Waals surface area contributed by atoms with Crippen LogP contribution in [0.25, 0.3) is 0 Å². The molecule has 0 bridgehead atoms. The number of urea groups is 1. The van der Waals surface area contributed by atoms with Crippen molar-refractivity contribution in [2.24, 2.45) is 0 Å². The Hall–Kier alpha value is -1.84. The third-order valence-corrected chi connectivity index (χ3v) is 3.02. The number of Topliss-reactive ketones (excluding diaryl/α,β-unsaturated/α-hetero) is 1. The van der Waals surface area contributed by atoms with Crippen LogP contribution >= 0.6 is 0 Å². The number of anilines is 1. The lowest BCUT2D eigenvalue weighted by molar-refractivity contribution is 0.0988. The molecule has 1 aliphatic rings. The largest absolute Gasteiger partial charge is 0.322 e. The first-order chi connectivity index (χ1) is 8.15. The Bertz CT molecular complexity index is 468. The van der Waals surface area contributed by atoms with Crippen LogP contribution in [0, 0.1) is 0 Å². The summed E-state index contributed by atoms with van der Waals surface area (Å²) in [6.07, 6.45) is 0.480. The van der Waals surface area contributed by atoms with E-state index >= 15 is 0 Å². The van der Waals surface area contributed by atoms with Crippen LogP contribution in [-0.2, 0) is 6.54 Å². The van der Waals surface area contributed by atoms with Crippen LogP contribution in [0.4, 0.5) is 10.5 Å². The topological polar surface area (TPSA) is 49.4 Å². The molecule has 0 aromatic heterocycles. The Morgan fingerprint density at radius 1 is 1.41 bits per heavy atom. The zero-order valence-electron chi connectivity index (χ0n) is 10.1. The van der Waals surface area contributed by atoms with Gasteiger partial charge in [-0.2, -0.15) is 0 Å². The monoisotopic (exact) mass is 232 g/mol. The second-order valence-corrected chi connectivity index (χ2v) is 4.09. The molecule has 1 aromatic carbocycles. The summed E-state index contributed by atoms with van der Waals surface area (Å²) in [4.78, 5) is 25.0. The van der Waals surface area contributed by atoms with Crippen molar-refractivity contribution in [3.63, 3.8) is 0 Å². The van der Waals surface area contributed by atoms with Gasteiger partial charge in [0.1, 0.15) is 0 Å². The zero-order chi connectivity index (χ0) is 12.4. The van der Waals surface area contributed by atoms with Crippen molar-refractivity contribution < 1.29 is 9.59 Å². The number of carbonyl (C=O) groups is 2. The van der Waals surface area contributed by atoms with E-state index in [0.29, 0.717) is 25.1 Å². The second kappa shape index (κ2) is 4.57. The maximum atomic E-state index is 11.7. The quantitative estimate of drug-likeness (QED) is 0.814. The van der Waals surface area contributed by atoms with Crippen molar-refractivity contribution in [3.05, 3.63) is 29.3 Å². The third-order valence-electron chi connectivity index (χ3n) is 3.02. The van der Waals surface area contributed by atoms with Gasteiger partial charge in [0.05, 0.1) is 0 Å². The molecule has 0 unspecified atom stereocenters. The molecule has 1 heterocycles. The molecule has 0 saturated carbocycles. The Balaban J connectivity index is 2.32. The average molecular weight is 232 g/mol. The number of fused-ring (bicyclic) bond motifs is 1. The Kier molecular flexibility index (Phi) is 3.13. The molecule has 2 rings (SSSR count). The first-order valence-electron chi connectivity index (χ1n) is 5.87. The van der Waals surface area contributed by atoms with Crippen LogP contribution in [0.5, 0.6) is 0 Å². The predicted octanol–water partition coefficient (Wildman–Crippen LogP) is 2.65. The van der Waals surface area contributed by atoms with Crippen LogP contribution in [0.1, 0.15) is 36.2 Å². The number of nitrogens with one attached hydrogen (secondary N) is 1. The Morgan fingerprint density at radius 2 is 2.18 bits per heavy atom. The van der Waals surface area contributed by atoms with E-state index in [1.807, 2.05) is 26.0 Å². The molecule has 0 spiro atoms. The van der Waals surface area contributed by atoms with Gasteiger partial charge in [-0.3, -0.25) is 4.79 Å². The highest BCUT2D eigenvalue weighted by Gasteiger charge is 2.21. The second-order valence-electron chi connectivity index (χ2n) is 4.09. The molecule has 1 N–H and O–H groups in total. The van der Waals surface area contributed by atoms with E-state index in [9.17, 15) is 9.59 Å². The van der Waals surface area contributed by atoms with E-state index in [1.165, 1.54) is 0 Å². The minimum atomic E-state index is -0.0962. The molecule has 4 nitrogen and oxygen atoms in total. The lowest BCUT2D eigenvalue weighted by atomic mass is 10.0. The van der Waals surface area contributed by atoms with Gasteiger partial charge in [0.15, 0.2) is 5.78 Å². The minimum Gasteiger partial charge on any atom is -0.320 e. The van der Waals surface area contributed by atoms with Crippen molar-refractivity contribution >= 4 is 17.5 Å². The van der Waals surface area contributed by atoms with Crippen LogP contribution in [-0.4, -0.2) is 23.3 Å². The summed E-state index contributed by atoms with van der Waals surface area (Å²) < 4.78 is 0.